The van der Waals surface area contributed by atoms with E-state index in [2.05, 4.69) is 0 Å². The van der Waals surface area contributed by atoms with E-state index in [1.165, 1.54) is 0 Å². The monoisotopic (exact) mass is 534 g/mol. The molecule has 2 aliphatic rings. The molecule has 0 unspecified atom stereocenters. The lowest BCUT2D eigenvalue weighted by atomic mass is 9.33. The van der Waals surface area contributed by atoms with Gasteiger partial charge in [-0.2, -0.15) is 0 Å². The van der Waals surface area contributed by atoms with Crippen LogP contribution in [0.5, 0.6) is 0 Å². The Kier molecular flexibility index (Phi) is 2.72. The second-order valence-corrected chi connectivity index (χ2v) is 9.88. The molecule has 7 aromatic rings. The molecule has 41 heavy (non-hydrogen) atoms. The normalized spacial score (nSPS) is 18.0. The highest BCUT2D eigenvalue weighted by molar-refractivity contribution is 7.00. The summed E-state index contributed by atoms with van der Waals surface area (Å²) in [5.74, 6) is 0. The highest BCUT2D eigenvalue weighted by Crippen LogP contribution is 2.44. The van der Waals surface area contributed by atoms with Crippen LogP contribution in [0, 0.1) is 0 Å². The van der Waals surface area contributed by atoms with Crippen LogP contribution in [-0.2, 0) is 0 Å². The Morgan fingerprint density at radius 2 is 0.878 bits per heavy atom. The van der Waals surface area contributed by atoms with E-state index in [0.29, 0.717) is 28.2 Å². The van der Waals surface area contributed by atoms with Crippen molar-refractivity contribution in [3.8, 4) is 0 Å². The van der Waals surface area contributed by atoms with Crippen molar-refractivity contribution in [1.82, 2.24) is 0 Å². The van der Waals surface area contributed by atoms with Crippen LogP contribution < -0.4 is 26.2 Å². The van der Waals surface area contributed by atoms with Crippen LogP contribution in [0.15, 0.2) is 151 Å². The first kappa shape index (κ1) is 12.9. The van der Waals surface area contributed by atoms with Gasteiger partial charge in [-0.15, -0.1) is 0 Å². The number of rotatable bonds is 2. The molecule has 2 nitrogen and oxygen atoms in total. The summed E-state index contributed by atoms with van der Waals surface area (Å²) in [6, 6.07) is 13.2. The standard InChI is InChI=1S/C38H25BN2/c1-3-12-28-24-30(22-20-26(28)10-1)40-34-16-7-5-14-32(34)39-33-15-6-8-17-35(33)41(37-19-9-18-36(40)38(37)39)31-23-21-27-11-2-4-13-29(27)25-31/h1-25H/i1D,2D,3D,4D,10D,11D,12D,13D,20D,21D,22D,23D,24D,25D. The van der Waals surface area contributed by atoms with Crippen LogP contribution in [0.25, 0.3) is 21.5 Å². The van der Waals surface area contributed by atoms with Crippen molar-refractivity contribution in [3.63, 3.8) is 0 Å². The molecule has 0 radical (unpaired) electrons. The van der Waals surface area contributed by atoms with Gasteiger partial charge >= 0.3 is 0 Å². The fourth-order valence-corrected chi connectivity index (χ4v) is 6.08. The molecule has 0 atom stereocenters. The maximum Gasteiger partial charge on any atom is 0.252 e. The van der Waals surface area contributed by atoms with Crippen LogP contribution >= 0.6 is 0 Å². The first-order chi connectivity index (χ1) is 26.2. The molecule has 7 aromatic carbocycles. The minimum atomic E-state index is -0.567. The molecule has 0 saturated carbocycles. The molecule has 9 rings (SSSR count). The Hall–Kier alpha value is -5.28. The lowest BCUT2D eigenvalue weighted by molar-refractivity contribution is 1.26. The van der Waals surface area contributed by atoms with Crippen molar-refractivity contribution in [1.29, 1.82) is 0 Å². The van der Waals surface area contributed by atoms with E-state index in [1.54, 1.807) is 40.1 Å². The fourth-order valence-electron chi connectivity index (χ4n) is 6.08. The Morgan fingerprint density at radius 3 is 1.39 bits per heavy atom. The average Bonchev–Trinajstić information content (AvgIpc) is 3.18. The third kappa shape index (κ3) is 3.26. The van der Waals surface area contributed by atoms with Gasteiger partial charge in [0.15, 0.2) is 0 Å². The van der Waals surface area contributed by atoms with Crippen molar-refractivity contribution in [2.24, 2.45) is 0 Å². The van der Waals surface area contributed by atoms with Crippen LogP contribution in [0.2, 0.25) is 0 Å². The Morgan fingerprint density at radius 1 is 0.439 bits per heavy atom. The summed E-state index contributed by atoms with van der Waals surface area (Å²) in [5.41, 5.74) is 4.04. The molecule has 0 aliphatic carbocycles. The van der Waals surface area contributed by atoms with E-state index in [9.17, 15) is 5.48 Å². The second-order valence-electron chi connectivity index (χ2n) is 9.88. The smallest absolute Gasteiger partial charge is 0.252 e. The maximum atomic E-state index is 9.45. The van der Waals surface area contributed by atoms with Gasteiger partial charge in [0, 0.05) is 34.1 Å². The molecule has 2 aliphatic heterocycles. The Labute approximate surface area is 259 Å². The van der Waals surface area contributed by atoms with Gasteiger partial charge in [0.05, 0.1) is 19.2 Å². The molecular formula is C38H25BN2. The van der Waals surface area contributed by atoms with Gasteiger partial charge in [-0.25, -0.2) is 0 Å². The summed E-state index contributed by atoms with van der Waals surface area (Å²) >= 11 is 0. The molecule has 0 fully saturated rings. The molecule has 3 heteroatoms. The van der Waals surface area contributed by atoms with E-state index in [-0.39, 0.29) is 45.0 Å². The first-order valence-corrected chi connectivity index (χ1v) is 13.1. The molecule has 190 valence electrons. The average molecular weight is 535 g/mol. The van der Waals surface area contributed by atoms with Gasteiger partial charge in [0.1, 0.15) is 0 Å². The maximum absolute atomic E-state index is 9.45. The van der Waals surface area contributed by atoms with Gasteiger partial charge < -0.3 is 9.80 Å². The van der Waals surface area contributed by atoms with Crippen molar-refractivity contribution < 1.29 is 19.2 Å². The number of benzene rings is 7. The van der Waals surface area contributed by atoms with E-state index in [1.807, 2.05) is 36.4 Å². The summed E-state index contributed by atoms with van der Waals surface area (Å²) in [6.45, 7) is -0.473. The number of anilines is 6. The second kappa shape index (κ2) is 8.61. The molecule has 0 amide bonds. The van der Waals surface area contributed by atoms with Crippen LogP contribution in [0.3, 0.4) is 0 Å². The van der Waals surface area contributed by atoms with E-state index in [4.69, 9.17) is 13.7 Å². The van der Waals surface area contributed by atoms with Crippen LogP contribution in [0.4, 0.5) is 34.1 Å². The third-order valence-electron chi connectivity index (χ3n) is 7.73. The minimum absolute atomic E-state index is 0.0789. The van der Waals surface area contributed by atoms with Gasteiger partial charge in [0.25, 0.3) is 6.71 Å². The summed E-state index contributed by atoms with van der Waals surface area (Å²) < 4.78 is 123. The number of para-hydroxylation sites is 2. The molecule has 2 heterocycles. The van der Waals surface area contributed by atoms with Crippen molar-refractivity contribution in [3.05, 3.63) is 151 Å². The lowest BCUT2D eigenvalue weighted by Gasteiger charge is -2.44. The molecule has 0 bridgehead atoms. The minimum Gasteiger partial charge on any atom is -0.311 e. The highest BCUT2D eigenvalue weighted by Gasteiger charge is 2.42. The highest BCUT2D eigenvalue weighted by atomic mass is 15.2. The largest absolute Gasteiger partial charge is 0.311 e. The molecular weight excluding hydrogens is 495 g/mol. The molecule has 0 saturated heterocycles. The zero-order valence-corrected chi connectivity index (χ0v) is 21.3. The number of fused-ring (bicyclic) bond motifs is 6. The fraction of sp³-hybridized carbons (Fsp3) is 0. The number of hydrogen-bond donors (Lipinski definition) is 0. The summed E-state index contributed by atoms with van der Waals surface area (Å²) in [6.07, 6.45) is 0. The van der Waals surface area contributed by atoms with E-state index >= 15 is 0 Å². The summed E-state index contributed by atoms with van der Waals surface area (Å²) in [5, 5.41) is -0.844. The third-order valence-corrected chi connectivity index (χ3v) is 7.73. The Balaban J connectivity index is 1.41. The quantitative estimate of drug-likeness (QED) is 0.207. The first-order valence-electron chi connectivity index (χ1n) is 20.1. The van der Waals surface area contributed by atoms with Gasteiger partial charge in [-0.05, 0) is 86.4 Å². The Bertz CT molecular complexity index is 2730. The molecule has 0 aromatic heterocycles. The topological polar surface area (TPSA) is 6.48 Å². The number of nitrogens with zero attached hydrogens (tertiary/aromatic N) is 2. The predicted octanol–water partition coefficient (Wildman–Crippen LogP) is 8.08. The van der Waals surface area contributed by atoms with Crippen molar-refractivity contribution in [2.75, 3.05) is 9.80 Å². The molecule has 0 N–H and O–H groups in total. The molecule has 0 spiro atoms. The van der Waals surface area contributed by atoms with Gasteiger partial charge in [0.2, 0.25) is 0 Å². The van der Waals surface area contributed by atoms with E-state index in [0.717, 1.165) is 10.9 Å². The van der Waals surface area contributed by atoms with Crippen molar-refractivity contribution >= 4 is 78.8 Å². The van der Waals surface area contributed by atoms with E-state index < -0.39 is 79.2 Å². The zero-order valence-electron chi connectivity index (χ0n) is 35.3. The zero-order chi connectivity index (χ0) is 39.1. The van der Waals surface area contributed by atoms with Crippen LogP contribution in [0.1, 0.15) is 19.2 Å². The number of hydrogen-bond acceptors (Lipinski definition) is 2. The van der Waals surface area contributed by atoms with Gasteiger partial charge in [-0.3, -0.25) is 0 Å². The van der Waals surface area contributed by atoms with Crippen molar-refractivity contribution in [2.45, 2.75) is 0 Å². The predicted molar refractivity (Wildman–Crippen MR) is 175 cm³/mol. The summed E-state index contributed by atoms with van der Waals surface area (Å²) in [7, 11) is 0. The SMILES string of the molecule is [2H]c1c([2H])c([2H])c2c([2H])c(N3c4ccccc4B4c5ccccc5N(c5c([2H])c([2H])c6c([2H])c([2H])c([2H])c([2H])c6c5[2H])c5cccc3c54)c([2H])c([2H])c2c1[2H]. The van der Waals surface area contributed by atoms with Gasteiger partial charge in [-0.1, -0.05) is 103 Å². The van der Waals surface area contributed by atoms with Crippen LogP contribution in [-0.4, -0.2) is 6.71 Å². The summed E-state index contributed by atoms with van der Waals surface area (Å²) in [4.78, 5) is 3.30. The lowest BCUT2D eigenvalue weighted by Crippen LogP contribution is -2.61.